The van der Waals surface area contributed by atoms with Gasteiger partial charge in [0.15, 0.2) is 12.6 Å². The van der Waals surface area contributed by atoms with Crippen LogP contribution in [-0.2, 0) is 18.9 Å². The molecule has 0 saturated carbocycles. The smallest absolute Gasteiger partial charge is 0.188 e. The van der Waals surface area contributed by atoms with Gasteiger partial charge in [-0.15, -0.1) is 6.58 Å². The van der Waals surface area contributed by atoms with E-state index in [1.807, 2.05) is 6.92 Å². The highest BCUT2D eigenvalue weighted by atomic mass is 19.1. The molecule has 1 atom stereocenters. The molecule has 0 aromatic heterocycles. The summed E-state index contributed by atoms with van der Waals surface area (Å²) in [5, 5.41) is 0. The molecule has 0 radical (unpaired) electrons. The Morgan fingerprint density at radius 3 is 2.71 bits per heavy atom. The van der Waals surface area contributed by atoms with Gasteiger partial charge in [0, 0.05) is 7.11 Å². The standard InChI is InChI=1S/C12H21FO4/c1-4-6-16-11(5-2)12(9-13)17-10-15-8-7-14-3/h4,9,11H,1,5-8,10H2,2-3H3. The van der Waals surface area contributed by atoms with Crippen LogP contribution < -0.4 is 0 Å². The van der Waals surface area contributed by atoms with Crippen LogP contribution >= 0.6 is 0 Å². The van der Waals surface area contributed by atoms with Crippen molar-refractivity contribution in [3.63, 3.8) is 0 Å². The maximum absolute atomic E-state index is 12.6. The molecule has 0 aliphatic heterocycles. The van der Waals surface area contributed by atoms with Gasteiger partial charge >= 0.3 is 0 Å². The lowest BCUT2D eigenvalue weighted by molar-refractivity contribution is -0.0631. The molecule has 0 rings (SSSR count). The van der Waals surface area contributed by atoms with Crippen LogP contribution in [0.4, 0.5) is 4.39 Å². The normalized spacial score (nSPS) is 13.5. The van der Waals surface area contributed by atoms with Crippen molar-refractivity contribution in [3.8, 4) is 0 Å². The summed E-state index contributed by atoms with van der Waals surface area (Å²) < 4.78 is 33.0. The third kappa shape index (κ3) is 7.90. The van der Waals surface area contributed by atoms with E-state index in [2.05, 4.69) is 6.58 Å². The van der Waals surface area contributed by atoms with Gasteiger partial charge in [-0.2, -0.15) is 0 Å². The van der Waals surface area contributed by atoms with Gasteiger partial charge in [0.2, 0.25) is 0 Å². The molecule has 5 heteroatoms. The molecule has 0 aliphatic rings. The summed E-state index contributed by atoms with van der Waals surface area (Å²) in [6.07, 6.45) is 2.20. The second kappa shape index (κ2) is 11.6. The van der Waals surface area contributed by atoms with Crippen LogP contribution in [0.1, 0.15) is 13.3 Å². The molecule has 0 N–H and O–H groups in total. The average Bonchev–Trinajstić information content (AvgIpc) is 2.36. The van der Waals surface area contributed by atoms with Crippen molar-refractivity contribution in [3.05, 3.63) is 24.7 Å². The van der Waals surface area contributed by atoms with Crippen molar-refractivity contribution < 1.29 is 23.3 Å². The van der Waals surface area contributed by atoms with E-state index < -0.39 is 6.10 Å². The fourth-order valence-corrected chi connectivity index (χ4v) is 1.09. The van der Waals surface area contributed by atoms with Crippen molar-refractivity contribution >= 4 is 0 Å². The van der Waals surface area contributed by atoms with Gasteiger partial charge in [-0.3, -0.25) is 0 Å². The van der Waals surface area contributed by atoms with Gasteiger partial charge < -0.3 is 18.9 Å². The van der Waals surface area contributed by atoms with E-state index in [1.54, 1.807) is 13.2 Å². The fraction of sp³-hybridized carbons (Fsp3) is 0.667. The topological polar surface area (TPSA) is 36.9 Å². The van der Waals surface area contributed by atoms with Gasteiger partial charge in [0.1, 0.15) is 12.4 Å². The van der Waals surface area contributed by atoms with Gasteiger partial charge in [0.05, 0.1) is 19.8 Å². The molecule has 0 aromatic carbocycles. The van der Waals surface area contributed by atoms with Crippen LogP contribution in [0.2, 0.25) is 0 Å². The molecule has 0 saturated heterocycles. The van der Waals surface area contributed by atoms with Crippen LogP contribution in [0.25, 0.3) is 0 Å². The number of ether oxygens (including phenoxy) is 4. The van der Waals surface area contributed by atoms with Crippen LogP contribution in [0.5, 0.6) is 0 Å². The Kier molecular flexibility index (Phi) is 11.0. The van der Waals surface area contributed by atoms with Crippen LogP contribution in [0.15, 0.2) is 24.7 Å². The Hall–Kier alpha value is -0.910. The zero-order chi connectivity index (χ0) is 12.9. The summed E-state index contributed by atoms with van der Waals surface area (Å²) in [6, 6.07) is 0. The minimum absolute atomic E-state index is 0.0208. The predicted molar refractivity (Wildman–Crippen MR) is 63.2 cm³/mol. The van der Waals surface area contributed by atoms with E-state index in [9.17, 15) is 4.39 Å². The maximum Gasteiger partial charge on any atom is 0.188 e. The second-order valence-corrected chi connectivity index (χ2v) is 3.19. The van der Waals surface area contributed by atoms with Crippen LogP contribution in [0.3, 0.4) is 0 Å². The van der Waals surface area contributed by atoms with Crippen LogP contribution in [0, 0.1) is 0 Å². The van der Waals surface area contributed by atoms with Crippen molar-refractivity contribution in [2.75, 3.05) is 33.7 Å². The van der Waals surface area contributed by atoms with Crippen molar-refractivity contribution in [2.24, 2.45) is 0 Å². The third-order valence-electron chi connectivity index (χ3n) is 1.95. The maximum atomic E-state index is 12.6. The summed E-state index contributed by atoms with van der Waals surface area (Å²) in [7, 11) is 1.58. The summed E-state index contributed by atoms with van der Waals surface area (Å²) in [5.74, 6) is 0.131. The zero-order valence-corrected chi connectivity index (χ0v) is 10.5. The van der Waals surface area contributed by atoms with E-state index in [0.717, 1.165) is 0 Å². The zero-order valence-electron chi connectivity index (χ0n) is 10.5. The fourth-order valence-electron chi connectivity index (χ4n) is 1.09. The third-order valence-corrected chi connectivity index (χ3v) is 1.95. The lowest BCUT2D eigenvalue weighted by atomic mass is 10.2. The van der Waals surface area contributed by atoms with Crippen molar-refractivity contribution in [1.82, 2.24) is 0 Å². The quantitative estimate of drug-likeness (QED) is 0.243. The first-order chi connectivity index (χ1) is 8.29. The molecular weight excluding hydrogens is 227 g/mol. The second-order valence-electron chi connectivity index (χ2n) is 3.19. The minimum Gasteiger partial charge on any atom is -0.467 e. The molecule has 1 unspecified atom stereocenters. The minimum atomic E-state index is -0.413. The summed E-state index contributed by atoms with van der Waals surface area (Å²) in [4.78, 5) is 0. The molecule has 100 valence electrons. The molecule has 17 heavy (non-hydrogen) atoms. The average molecular weight is 248 g/mol. The molecule has 0 amide bonds. The summed E-state index contributed by atoms with van der Waals surface area (Å²) in [6.45, 7) is 6.62. The largest absolute Gasteiger partial charge is 0.467 e. The molecule has 0 spiro atoms. The van der Waals surface area contributed by atoms with E-state index in [0.29, 0.717) is 32.6 Å². The van der Waals surface area contributed by atoms with Crippen LogP contribution in [-0.4, -0.2) is 39.8 Å². The first-order valence-electron chi connectivity index (χ1n) is 5.52. The van der Waals surface area contributed by atoms with Gasteiger partial charge in [0.25, 0.3) is 0 Å². The first-order valence-corrected chi connectivity index (χ1v) is 5.52. The van der Waals surface area contributed by atoms with E-state index in [-0.39, 0.29) is 12.6 Å². The van der Waals surface area contributed by atoms with Crippen molar-refractivity contribution in [2.45, 2.75) is 19.4 Å². The first kappa shape index (κ1) is 16.1. The molecule has 0 bridgehead atoms. The highest BCUT2D eigenvalue weighted by Gasteiger charge is 2.14. The Morgan fingerprint density at radius 1 is 1.41 bits per heavy atom. The molecule has 0 aromatic rings. The summed E-state index contributed by atoms with van der Waals surface area (Å²) >= 11 is 0. The van der Waals surface area contributed by atoms with E-state index in [4.69, 9.17) is 18.9 Å². The molecule has 4 nitrogen and oxygen atoms in total. The number of methoxy groups -OCH3 is 1. The van der Waals surface area contributed by atoms with E-state index >= 15 is 0 Å². The Labute approximate surface area is 102 Å². The van der Waals surface area contributed by atoms with E-state index in [1.165, 1.54) is 0 Å². The monoisotopic (exact) mass is 248 g/mol. The summed E-state index contributed by atoms with van der Waals surface area (Å²) in [5.41, 5.74) is 0. The van der Waals surface area contributed by atoms with Gasteiger partial charge in [-0.05, 0) is 6.42 Å². The number of hydrogen-bond donors (Lipinski definition) is 0. The van der Waals surface area contributed by atoms with Gasteiger partial charge in [-0.1, -0.05) is 13.0 Å². The highest BCUT2D eigenvalue weighted by Crippen LogP contribution is 2.13. The highest BCUT2D eigenvalue weighted by molar-refractivity contribution is 4.95. The molecule has 0 heterocycles. The number of halogens is 1. The molecule has 0 aliphatic carbocycles. The molecular formula is C12H21FO4. The Bertz CT molecular complexity index is 219. The Balaban J connectivity index is 3.90. The predicted octanol–water partition coefficient (Wildman–Crippen LogP) is 2.42. The SMILES string of the molecule is C=CCOC(CC)C(=CF)OCOCCOC. The number of hydrogen-bond acceptors (Lipinski definition) is 4. The lowest BCUT2D eigenvalue weighted by Crippen LogP contribution is -2.18. The molecule has 0 fully saturated rings. The van der Waals surface area contributed by atoms with Crippen molar-refractivity contribution in [1.29, 1.82) is 0 Å². The Morgan fingerprint density at radius 2 is 2.18 bits per heavy atom. The number of rotatable bonds is 11. The van der Waals surface area contributed by atoms with Gasteiger partial charge in [-0.25, -0.2) is 4.39 Å². The lowest BCUT2D eigenvalue weighted by Gasteiger charge is -2.18.